The number of aromatic nitrogens is 1. The smallest absolute Gasteiger partial charge is 0.137 e. The summed E-state index contributed by atoms with van der Waals surface area (Å²) in [5.41, 5.74) is 1.04. The van der Waals surface area contributed by atoms with Crippen LogP contribution in [-0.2, 0) is 11.2 Å². The van der Waals surface area contributed by atoms with Crippen molar-refractivity contribution in [1.82, 2.24) is 4.98 Å². The lowest BCUT2D eigenvalue weighted by Gasteiger charge is -2.24. The molecule has 1 saturated carbocycles. The summed E-state index contributed by atoms with van der Waals surface area (Å²) in [4.78, 5) is 15.6. The molecule has 1 aromatic rings. The second-order valence-electron chi connectivity index (χ2n) is 4.08. The molecule has 0 aliphatic heterocycles. The lowest BCUT2D eigenvalue weighted by molar-refractivity contribution is -0.119. The monoisotopic (exact) mass is 189 g/mol. The van der Waals surface area contributed by atoms with E-state index in [2.05, 4.69) is 4.98 Å². The molecule has 2 rings (SSSR count). The molecule has 2 nitrogen and oxygen atoms in total. The molecule has 14 heavy (non-hydrogen) atoms. The highest BCUT2D eigenvalue weighted by Gasteiger charge is 2.20. The minimum absolute atomic E-state index is 0.364. The number of hydrogen-bond donors (Lipinski definition) is 0. The first-order valence-electron chi connectivity index (χ1n) is 5.25. The number of carbonyl (C=O) groups excluding carboxylic acids is 1. The Hall–Kier alpha value is -1.18. The fraction of sp³-hybridized carbons (Fsp3) is 0.500. The van der Waals surface area contributed by atoms with Crippen molar-refractivity contribution >= 4 is 5.78 Å². The molecule has 0 spiro atoms. The van der Waals surface area contributed by atoms with Crippen LogP contribution in [0.25, 0.3) is 0 Å². The van der Waals surface area contributed by atoms with Crippen LogP contribution in [0.2, 0.25) is 0 Å². The second kappa shape index (κ2) is 4.36. The molecule has 0 bridgehead atoms. The summed E-state index contributed by atoms with van der Waals surface area (Å²) in [5.74, 6) is 1.04. The third-order valence-corrected chi connectivity index (χ3v) is 2.87. The van der Waals surface area contributed by atoms with Crippen LogP contribution in [0.4, 0.5) is 0 Å². The zero-order valence-electron chi connectivity index (χ0n) is 8.28. The summed E-state index contributed by atoms with van der Waals surface area (Å²) in [6, 6.07) is 3.84. The highest BCUT2D eigenvalue weighted by atomic mass is 16.1. The van der Waals surface area contributed by atoms with E-state index in [4.69, 9.17) is 0 Å². The summed E-state index contributed by atoms with van der Waals surface area (Å²) in [7, 11) is 0. The molecule has 0 amide bonds. The standard InChI is InChI=1S/C12H15NO/c14-12(7-10-3-1-4-10)8-11-5-2-6-13-9-11/h2,5-6,9-10H,1,3-4,7-8H2. The molecule has 0 saturated heterocycles. The molecule has 0 N–H and O–H groups in total. The van der Waals surface area contributed by atoms with E-state index in [0.717, 1.165) is 12.0 Å². The van der Waals surface area contributed by atoms with E-state index < -0.39 is 0 Å². The topological polar surface area (TPSA) is 30.0 Å². The van der Waals surface area contributed by atoms with Gasteiger partial charge in [0, 0.05) is 25.2 Å². The van der Waals surface area contributed by atoms with E-state index in [1.165, 1.54) is 19.3 Å². The third-order valence-electron chi connectivity index (χ3n) is 2.87. The van der Waals surface area contributed by atoms with Crippen molar-refractivity contribution in [2.75, 3.05) is 0 Å². The lowest BCUT2D eigenvalue weighted by Crippen LogP contribution is -2.17. The normalized spacial score (nSPS) is 16.3. The molecule has 74 valence electrons. The minimum Gasteiger partial charge on any atom is -0.299 e. The van der Waals surface area contributed by atoms with Gasteiger partial charge in [-0.25, -0.2) is 0 Å². The van der Waals surface area contributed by atoms with Crippen LogP contribution in [0.3, 0.4) is 0 Å². The van der Waals surface area contributed by atoms with E-state index in [1.54, 1.807) is 12.4 Å². The minimum atomic E-state index is 0.364. The number of carbonyl (C=O) groups is 1. The summed E-state index contributed by atoms with van der Waals surface area (Å²) in [5, 5.41) is 0. The van der Waals surface area contributed by atoms with Crippen molar-refractivity contribution in [3.05, 3.63) is 30.1 Å². The first-order valence-corrected chi connectivity index (χ1v) is 5.25. The fourth-order valence-corrected chi connectivity index (χ4v) is 1.82. The van der Waals surface area contributed by atoms with Crippen LogP contribution in [0, 0.1) is 5.92 Å². The largest absolute Gasteiger partial charge is 0.299 e. The van der Waals surface area contributed by atoms with Gasteiger partial charge in [0.15, 0.2) is 0 Å². The Kier molecular flexibility index (Phi) is 2.92. The summed E-state index contributed by atoms with van der Waals surface area (Å²) in [6.07, 6.45) is 8.65. The molecular weight excluding hydrogens is 174 g/mol. The molecular formula is C12H15NO. The number of ketones is 1. The number of rotatable bonds is 4. The van der Waals surface area contributed by atoms with Gasteiger partial charge in [-0.05, 0) is 17.5 Å². The van der Waals surface area contributed by atoms with E-state index in [1.807, 2.05) is 12.1 Å². The van der Waals surface area contributed by atoms with Crippen LogP contribution in [0.5, 0.6) is 0 Å². The maximum atomic E-state index is 11.6. The van der Waals surface area contributed by atoms with Crippen molar-refractivity contribution in [3.8, 4) is 0 Å². The highest BCUT2D eigenvalue weighted by Crippen LogP contribution is 2.29. The number of nitrogens with zero attached hydrogens (tertiary/aromatic N) is 1. The molecule has 0 aromatic carbocycles. The fourth-order valence-electron chi connectivity index (χ4n) is 1.82. The van der Waals surface area contributed by atoms with Crippen molar-refractivity contribution in [2.24, 2.45) is 5.92 Å². The van der Waals surface area contributed by atoms with Crippen molar-refractivity contribution in [3.63, 3.8) is 0 Å². The summed E-state index contributed by atoms with van der Waals surface area (Å²) < 4.78 is 0. The van der Waals surface area contributed by atoms with Crippen molar-refractivity contribution < 1.29 is 4.79 Å². The average molecular weight is 189 g/mol. The average Bonchev–Trinajstić information content (AvgIpc) is 2.13. The van der Waals surface area contributed by atoms with Gasteiger partial charge in [-0.1, -0.05) is 25.3 Å². The van der Waals surface area contributed by atoms with Crippen LogP contribution in [0.1, 0.15) is 31.2 Å². The van der Waals surface area contributed by atoms with Crippen LogP contribution >= 0.6 is 0 Å². The Morgan fingerprint density at radius 1 is 1.50 bits per heavy atom. The highest BCUT2D eigenvalue weighted by molar-refractivity contribution is 5.81. The predicted molar refractivity (Wildman–Crippen MR) is 54.9 cm³/mol. The lowest BCUT2D eigenvalue weighted by atomic mass is 9.81. The van der Waals surface area contributed by atoms with Gasteiger partial charge >= 0.3 is 0 Å². The maximum absolute atomic E-state index is 11.6. The summed E-state index contributed by atoms with van der Waals surface area (Å²) >= 11 is 0. The van der Waals surface area contributed by atoms with Gasteiger partial charge in [0.05, 0.1) is 0 Å². The third kappa shape index (κ3) is 2.41. The van der Waals surface area contributed by atoms with Gasteiger partial charge in [-0.15, -0.1) is 0 Å². The first kappa shape index (κ1) is 9.38. The maximum Gasteiger partial charge on any atom is 0.137 e. The van der Waals surface area contributed by atoms with Crippen molar-refractivity contribution in [2.45, 2.75) is 32.1 Å². The molecule has 1 aromatic heterocycles. The zero-order chi connectivity index (χ0) is 9.80. The first-order chi connectivity index (χ1) is 6.84. The zero-order valence-corrected chi connectivity index (χ0v) is 8.28. The van der Waals surface area contributed by atoms with E-state index >= 15 is 0 Å². The van der Waals surface area contributed by atoms with Crippen LogP contribution < -0.4 is 0 Å². The van der Waals surface area contributed by atoms with Gasteiger partial charge in [0.2, 0.25) is 0 Å². The van der Waals surface area contributed by atoms with E-state index in [0.29, 0.717) is 18.1 Å². The van der Waals surface area contributed by atoms with Crippen molar-refractivity contribution in [1.29, 1.82) is 0 Å². The summed E-state index contributed by atoms with van der Waals surface area (Å²) in [6.45, 7) is 0. The Balaban J connectivity index is 1.82. The molecule has 1 fully saturated rings. The molecule has 1 heterocycles. The number of hydrogen-bond acceptors (Lipinski definition) is 2. The molecule has 1 aliphatic rings. The van der Waals surface area contributed by atoms with Gasteiger partial charge in [-0.3, -0.25) is 9.78 Å². The van der Waals surface area contributed by atoms with Gasteiger partial charge < -0.3 is 0 Å². The quantitative estimate of drug-likeness (QED) is 0.728. The van der Waals surface area contributed by atoms with Gasteiger partial charge in [0.1, 0.15) is 5.78 Å². The Labute approximate surface area is 84.4 Å². The van der Waals surface area contributed by atoms with Gasteiger partial charge in [-0.2, -0.15) is 0 Å². The second-order valence-corrected chi connectivity index (χ2v) is 4.08. The Morgan fingerprint density at radius 2 is 2.36 bits per heavy atom. The molecule has 2 heteroatoms. The SMILES string of the molecule is O=C(Cc1cccnc1)CC1CCC1. The number of pyridine rings is 1. The Bertz CT molecular complexity index is 303. The molecule has 0 unspecified atom stereocenters. The molecule has 1 aliphatic carbocycles. The Morgan fingerprint density at radius 3 is 2.93 bits per heavy atom. The number of Topliss-reactive ketones (excluding diaryl/α,β-unsaturated/α-hetero) is 1. The van der Waals surface area contributed by atoms with Gasteiger partial charge in [0.25, 0.3) is 0 Å². The predicted octanol–water partition coefficient (Wildman–Crippen LogP) is 2.38. The molecule has 0 atom stereocenters. The van der Waals surface area contributed by atoms with E-state index in [-0.39, 0.29) is 0 Å². The van der Waals surface area contributed by atoms with E-state index in [9.17, 15) is 4.79 Å². The van der Waals surface area contributed by atoms with Crippen LogP contribution in [0.15, 0.2) is 24.5 Å². The van der Waals surface area contributed by atoms with Crippen LogP contribution in [-0.4, -0.2) is 10.8 Å². The molecule has 0 radical (unpaired) electrons.